The van der Waals surface area contributed by atoms with Gasteiger partial charge in [-0.15, -0.1) is 0 Å². The molecule has 0 spiro atoms. The van der Waals surface area contributed by atoms with E-state index in [9.17, 15) is 4.79 Å². The number of hydrogen-bond acceptors (Lipinski definition) is 4. The topological polar surface area (TPSA) is 59.8 Å². The van der Waals surface area contributed by atoms with Gasteiger partial charge < -0.3 is 9.88 Å². The minimum Gasteiger partial charge on any atom is -0.324 e. The summed E-state index contributed by atoms with van der Waals surface area (Å²) >= 11 is 1.63. The molecule has 0 saturated carbocycles. The average Bonchev–Trinajstić information content (AvgIpc) is 3.17. The number of aromatic nitrogens is 3. The minimum absolute atomic E-state index is 0.112. The molecule has 34 heavy (non-hydrogen) atoms. The highest BCUT2D eigenvalue weighted by Crippen LogP contribution is 2.33. The van der Waals surface area contributed by atoms with E-state index in [0.717, 1.165) is 42.9 Å². The van der Waals surface area contributed by atoms with E-state index in [1.165, 1.54) is 0 Å². The van der Waals surface area contributed by atoms with E-state index >= 15 is 0 Å². The fraction of sp³-hybridized carbons (Fsp3) is 0.0357. The van der Waals surface area contributed by atoms with Crippen LogP contribution < -0.4 is 5.32 Å². The van der Waals surface area contributed by atoms with Crippen LogP contribution in [0.4, 0.5) is 5.69 Å². The van der Waals surface area contributed by atoms with Crippen LogP contribution in [0.15, 0.2) is 113 Å². The predicted molar refractivity (Wildman–Crippen MR) is 138 cm³/mol. The lowest BCUT2D eigenvalue weighted by atomic mass is 10.2. The van der Waals surface area contributed by atoms with E-state index in [2.05, 4.69) is 17.4 Å². The predicted octanol–water partition coefficient (Wildman–Crippen LogP) is 6.53. The van der Waals surface area contributed by atoms with Gasteiger partial charge in [-0.05, 0) is 42.5 Å². The summed E-state index contributed by atoms with van der Waals surface area (Å²) in [4.78, 5) is 25.1. The van der Waals surface area contributed by atoms with Crippen molar-refractivity contribution >= 4 is 56.5 Å². The minimum atomic E-state index is -0.112. The number of fused-ring (bicyclic) bond motifs is 4. The van der Waals surface area contributed by atoms with Gasteiger partial charge in [0.1, 0.15) is 12.1 Å². The van der Waals surface area contributed by atoms with Crippen LogP contribution >= 0.6 is 11.8 Å². The molecular formula is C28H20N4OS. The molecule has 0 radical (unpaired) electrons. The van der Waals surface area contributed by atoms with Crippen LogP contribution in [-0.2, 0) is 11.3 Å². The van der Waals surface area contributed by atoms with Crippen molar-refractivity contribution in [2.45, 2.75) is 16.3 Å². The zero-order valence-electron chi connectivity index (χ0n) is 18.2. The second-order valence-corrected chi connectivity index (χ2v) is 9.06. The molecule has 0 atom stereocenters. The summed E-state index contributed by atoms with van der Waals surface area (Å²) in [5.41, 5.74) is 4.90. The lowest BCUT2D eigenvalue weighted by molar-refractivity contribution is -0.116. The van der Waals surface area contributed by atoms with E-state index in [4.69, 9.17) is 9.97 Å². The Morgan fingerprint density at radius 2 is 1.44 bits per heavy atom. The molecule has 2 aromatic heterocycles. The highest BCUT2D eigenvalue weighted by molar-refractivity contribution is 7.99. The van der Waals surface area contributed by atoms with Gasteiger partial charge in [-0.25, -0.2) is 9.97 Å². The first-order chi connectivity index (χ1) is 16.8. The first-order valence-electron chi connectivity index (χ1n) is 11.0. The number of para-hydroxylation sites is 4. The quantitative estimate of drug-likeness (QED) is 0.318. The first kappa shape index (κ1) is 20.4. The van der Waals surface area contributed by atoms with Gasteiger partial charge in [0.25, 0.3) is 0 Å². The standard InChI is InChI=1S/C28H20N4OS/c33-26(29-23-15-7-9-17-25(23)34-19-10-2-1-3-11-19)18-32-24-16-8-4-12-20(24)27-28(32)31-22-14-6-5-13-21(22)30-27/h1-17H,18H2,(H,29,33). The van der Waals surface area contributed by atoms with Gasteiger partial charge in [0.15, 0.2) is 5.65 Å². The van der Waals surface area contributed by atoms with Gasteiger partial charge in [0.05, 0.1) is 22.2 Å². The van der Waals surface area contributed by atoms with Gasteiger partial charge >= 0.3 is 0 Å². The Morgan fingerprint density at radius 3 is 2.29 bits per heavy atom. The van der Waals surface area contributed by atoms with Crippen molar-refractivity contribution in [3.63, 3.8) is 0 Å². The normalized spacial score (nSPS) is 11.3. The van der Waals surface area contributed by atoms with Crippen LogP contribution in [-0.4, -0.2) is 20.4 Å². The largest absolute Gasteiger partial charge is 0.324 e. The van der Waals surface area contributed by atoms with E-state index < -0.39 is 0 Å². The van der Waals surface area contributed by atoms with Gasteiger partial charge in [0, 0.05) is 15.2 Å². The molecule has 164 valence electrons. The molecule has 6 rings (SSSR count). The van der Waals surface area contributed by atoms with Crippen molar-refractivity contribution in [2.24, 2.45) is 0 Å². The second kappa shape index (κ2) is 8.65. The number of hydrogen-bond donors (Lipinski definition) is 1. The third kappa shape index (κ3) is 3.78. The Hall–Kier alpha value is -4.16. The number of rotatable bonds is 5. The number of carbonyl (C=O) groups excluding carboxylic acids is 1. The Morgan fingerprint density at radius 1 is 0.765 bits per heavy atom. The average molecular weight is 461 g/mol. The van der Waals surface area contributed by atoms with Crippen LogP contribution in [0.1, 0.15) is 0 Å². The van der Waals surface area contributed by atoms with Crippen LogP contribution in [0.3, 0.4) is 0 Å². The number of anilines is 1. The molecule has 6 aromatic rings. The third-order valence-corrected chi connectivity index (χ3v) is 6.78. The van der Waals surface area contributed by atoms with Crippen molar-refractivity contribution in [1.29, 1.82) is 0 Å². The second-order valence-electron chi connectivity index (χ2n) is 7.95. The van der Waals surface area contributed by atoms with Crippen LogP contribution in [0, 0.1) is 0 Å². The smallest absolute Gasteiger partial charge is 0.244 e. The number of nitrogens with zero attached hydrogens (tertiary/aromatic N) is 3. The Labute approximate surface area is 200 Å². The van der Waals surface area contributed by atoms with E-state index in [-0.39, 0.29) is 12.5 Å². The van der Waals surface area contributed by atoms with Crippen molar-refractivity contribution in [3.8, 4) is 0 Å². The molecule has 0 aliphatic heterocycles. The highest BCUT2D eigenvalue weighted by atomic mass is 32.2. The molecule has 1 amide bonds. The zero-order chi connectivity index (χ0) is 22.9. The maximum atomic E-state index is 13.2. The molecule has 0 aliphatic rings. The SMILES string of the molecule is O=C(Cn1c2ccccc2c2nc3ccccc3nc21)Nc1ccccc1Sc1ccccc1. The number of nitrogens with one attached hydrogen (secondary N) is 1. The fourth-order valence-electron chi connectivity index (χ4n) is 4.15. The Balaban J connectivity index is 1.36. The summed E-state index contributed by atoms with van der Waals surface area (Å²) in [5, 5.41) is 4.10. The zero-order valence-corrected chi connectivity index (χ0v) is 19.0. The summed E-state index contributed by atoms with van der Waals surface area (Å²) in [5.74, 6) is -0.112. The molecule has 5 nitrogen and oxygen atoms in total. The monoisotopic (exact) mass is 460 g/mol. The fourth-order valence-corrected chi connectivity index (χ4v) is 5.07. The summed E-state index contributed by atoms with van der Waals surface area (Å²) in [6.45, 7) is 0.140. The summed E-state index contributed by atoms with van der Waals surface area (Å²) in [7, 11) is 0. The highest BCUT2D eigenvalue weighted by Gasteiger charge is 2.17. The summed E-state index contributed by atoms with van der Waals surface area (Å²) < 4.78 is 1.95. The molecule has 1 N–H and O–H groups in total. The maximum Gasteiger partial charge on any atom is 0.244 e. The molecule has 0 saturated heterocycles. The van der Waals surface area contributed by atoms with E-state index in [1.807, 2.05) is 95.6 Å². The van der Waals surface area contributed by atoms with E-state index in [0.29, 0.717) is 5.65 Å². The van der Waals surface area contributed by atoms with Gasteiger partial charge in [0.2, 0.25) is 5.91 Å². The van der Waals surface area contributed by atoms with Gasteiger partial charge in [-0.2, -0.15) is 0 Å². The van der Waals surface area contributed by atoms with Crippen LogP contribution in [0.25, 0.3) is 33.1 Å². The molecule has 4 aromatic carbocycles. The van der Waals surface area contributed by atoms with Crippen LogP contribution in [0.2, 0.25) is 0 Å². The molecule has 0 aliphatic carbocycles. The Kier molecular flexibility index (Phi) is 5.20. The third-order valence-electron chi connectivity index (χ3n) is 5.69. The number of amides is 1. The number of benzene rings is 4. The van der Waals surface area contributed by atoms with Crippen molar-refractivity contribution in [1.82, 2.24) is 14.5 Å². The lowest BCUT2D eigenvalue weighted by Gasteiger charge is -2.12. The summed E-state index contributed by atoms with van der Waals surface area (Å²) in [6, 6.07) is 33.8. The van der Waals surface area contributed by atoms with Crippen molar-refractivity contribution < 1.29 is 4.79 Å². The van der Waals surface area contributed by atoms with Gasteiger partial charge in [-0.1, -0.05) is 72.4 Å². The van der Waals surface area contributed by atoms with Crippen molar-refractivity contribution in [2.75, 3.05) is 5.32 Å². The molecule has 0 fully saturated rings. The Bertz CT molecular complexity index is 1660. The van der Waals surface area contributed by atoms with Gasteiger partial charge in [-0.3, -0.25) is 4.79 Å². The van der Waals surface area contributed by atoms with Crippen LogP contribution in [0.5, 0.6) is 0 Å². The lowest BCUT2D eigenvalue weighted by Crippen LogP contribution is -2.19. The van der Waals surface area contributed by atoms with Crippen molar-refractivity contribution in [3.05, 3.63) is 103 Å². The molecule has 0 bridgehead atoms. The molecular weight excluding hydrogens is 440 g/mol. The first-order valence-corrected chi connectivity index (χ1v) is 11.8. The summed E-state index contributed by atoms with van der Waals surface area (Å²) in [6.07, 6.45) is 0. The molecule has 2 heterocycles. The molecule has 6 heteroatoms. The maximum absolute atomic E-state index is 13.2. The van der Waals surface area contributed by atoms with E-state index in [1.54, 1.807) is 11.8 Å². The molecule has 0 unspecified atom stereocenters. The number of carbonyl (C=O) groups is 1.